The second-order valence-corrected chi connectivity index (χ2v) is 6.12. The fourth-order valence-electron chi connectivity index (χ4n) is 2.76. The molecule has 0 fully saturated rings. The summed E-state index contributed by atoms with van der Waals surface area (Å²) in [5, 5.41) is 11.5. The van der Waals surface area contributed by atoms with Gasteiger partial charge in [0.05, 0.1) is 17.4 Å². The van der Waals surface area contributed by atoms with Crippen LogP contribution in [0.25, 0.3) is 5.69 Å². The van der Waals surface area contributed by atoms with Crippen LogP contribution in [0.3, 0.4) is 0 Å². The summed E-state index contributed by atoms with van der Waals surface area (Å²) in [6.45, 7) is 6.51. The van der Waals surface area contributed by atoms with Crippen molar-refractivity contribution in [1.29, 1.82) is 0 Å². The van der Waals surface area contributed by atoms with Crippen LogP contribution in [0.1, 0.15) is 36.3 Å². The first-order valence-electron chi connectivity index (χ1n) is 8.28. The van der Waals surface area contributed by atoms with Gasteiger partial charge in [-0.25, -0.2) is 9.67 Å². The van der Waals surface area contributed by atoms with Crippen LogP contribution in [-0.2, 0) is 11.3 Å². The van der Waals surface area contributed by atoms with Crippen molar-refractivity contribution < 1.29 is 4.79 Å². The maximum absolute atomic E-state index is 12.2. The monoisotopic (exact) mass is 338 g/mol. The summed E-state index contributed by atoms with van der Waals surface area (Å²) in [6, 6.07) is 9.85. The fourth-order valence-corrected chi connectivity index (χ4v) is 2.76. The average molecular weight is 338 g/mol. The van der Waals surface area contributed by atoms with E-state index >= 15 is 0 Å². The van der Waals surface area contributed by atoms with E-state index in [0.29, 0.717) is 13.0 Å². The molecule has 3 aromatic rings. The van der Waals surface area contributed by atoms with Gasteiger partial charge in [0.1, 0.15) is 12.7 Å². The van der Waals surface area contributed by atoms with Gasteiger partial charge in [0.15, 0.2) is 0 Å². The molecule has 1 atom stereocenters. The molecule has 0 spiro atoms. The van der Waals surface area contributed by atoms with Gasteiger partial charge in [-0.2, -0.15) is 10.2 Å². The van der Waals surface area contributed by atoms with Crippen LogP contribution in [0.5, 0.6) is 0 Å². The Labute approximate surface area is 146 Å². The molecular formula is C18H22N6O. The molecular weight excluding hydrogens is 316 g/mol. The Kier molecular flexibility index (Phi) is 4.92. The highest BCUT2D eigenvalue weighted by molar-refractivity contribution is 5.76. The smallest absolute Gasteiger partial charge is 0.222 e. The minimum absolute atomic E-state index is 0.0143. The van der Waals surface area contributed by atoms with Crippen molar-refractivity contribution in [2.24, 2.45) is 0 Å². The van der Waals surface area contributed by atoms with Crippen molar-refractivity contribution in [3.8, 4) is 5.69 Å². The third kappa shape index (κ3) is 4.12. The van der Waals surface area contributed by atoms with Gasteiger partial charge in [0, 0.05) is 18.7 Å². The van der Waals surface area contributed by atoms with Crippen LogP contribution in [0, 0.1) is 13.8 Å². The number of amides is 1. The van der Waals surface area contributed by atoms with Gasteiger partial charge in [-0.05, 0) is 44.5 Å². The maximum Gasteiger partial charge on any atom is 0.222 e. The Hall–Kier alpha value is -2.96. The molecule has 7 nitrogen and oxygen atoms in total. The molecule has 1 N–H and O–H groups in total. The highest BCUT2D eigenvalue weighted by Gasteiger charge is 2.11. The van der Waals surface area contributed by atoms with E-state index in [2.05, 4.69) is 20.5 Å². The first-order valence-corrected chi connectivity index (χ1v) is 8.28. The number of carbonyl (C=O) groups excluding carboxylic acids is 1. The van der Waals surface area contributed by atoms with E-state index in [9.17, 15) is 4.79 Å². The zero-order valence-corrected chi connectivity index (χ0v) is 14.7. The van der Waals surface area contributed by atoms with E-state index in [1.54, 1.807) is 11.0 Å². The van der Waals surface area contributed by atoms with E-state index in [0.717, 1.165) is 22.6 Å². The van der Waals surface area contributed by atoms with Gasteiger partial charge in [0.25, 0.3) is 0 Å². The lowest BCUT2D eigenvalue weighted by Gasteiger charge is -2.15. The van der Waals surface area contributed by atoms with Crippen LogP contribution >= 0.6 is 0 Å². The van der Waals surface area contributed by atoms with E-state index in [4.69, 9.17) is 0 Å². The standard InChI is InChI=1S/C18H22N6O/c1-13-10-14(2)23(22-13)9-8-18(25)21-15(3)16-4-6-17(7-5-16)24-12-19-11-20-24/h4-7,10-12,15H,8-9H2,1-3H3,(H,21,25). The third-order valence-electron chi connectivity index (χ3n) is 4.11. The van der Waals surface area contributed by atoms with Crippen LogP contribution in [0.4, 0.5) is 0 Å². The number of nitrogens with zero attached hydrogens (tertiary/aromatic N) is 5. The number of aromatic nitrogens is 5. The normalized spacial score (nSPS) is 12.1. The molecule has 0 saturated heterocycles. The van der Waals surface area contributed by atoms with Crippen molar-refractivity contribution in [3.63, 3.8) is 0 Å². The minimum Gasteiger partial charge on any atom is -0.350 e. The van der Waals surface area contributed by atoms with Crippen molar-refractivity contribution in [1.82, 2.24) is 29.9 Å². The number of hydrogen-bond donors (Lipinski definition) is 1. The van der Waals surface area contributed by atoms with Crippen molar-refractivity contribution in [3.05, 3.63) is 59.9 Å². The molecule has 1 amide bonds. The largest absolute Gasteiger partial charge is 0.350 e. The molecule has 0 saturated carbocycles. The summed E-state index contributed by atoms with van der Waals surface area (Å²) in [5.74, 6) is 0.0143. The number of carbonyl (C=O) groups is 1. The highest BCUT2D eigenvalue weighted by Crippen LogP contribution is 2.15. The number of aryl methyl sites for hydroxylation is 3. The Balaban J connectivity index is 1.55. The Morgan fingerprint density at radius 2 is 2.00 bits per heavy atom. The summed E-state index contributed by atoms with van der Waals surface area (Å²) in [6.07, 6.45) is 3.56. The van der Waals surface area contributed by atoms with Gasteiger partial charge < -0.3 is 5.32 Å². The molecule has 130 valence electrons. The van der Waals surface area contributed by atoms with Crippen LogP contribution in [0.2, 0.25) is 0 Å². The molecule has 1 unspecified atom stereocenters. The van der Waals surface area contributed by atoms with Gasteiger partial charge in [0.2, 0.25) is 5.91 Å². The number of nitrogens with one attached hydrogen (secondary N) is 1. The summed E-state index contributed by atoms with van der Waals surface area (Å²) in [4.78, 5) is 16.1. The van der Waals surface area contributed by atoms with E-state index in [-0.39, 0.29) is 11.9 Å². The number of rotatable bonds is 6. The predicted octanol–water partition coefficient (Wildman–Crippen LogP) is 2.35. The molecule has 0 radical (unpaired) electrons. The maximum atomic E-state index is 12.2. The second kappa shape index (κ2) is 7.29. The van der Waals surface area contributed by atoms with E-state index < -0.39 is 0 Å². The average Bonchev–Trinajstić information content (AvgIpc) is 3.23. The zero-order valence-electron chi connectivity index (χ0n) is 14.7. The first kappa shape index (κ1) is 16.9. The van der Waals surface area contributed by atoms with Gasteiger partial charge in [-0.1, -0.05) is 12.1 Å². The molecule has 0 aliphatic carbocycles. The lowest BCUT2D eigenvalue weighted by molar-refractivity contribution is -0.122. The molecule has 25 heavy (non-hydrogen) atoms. The van der Waals surface area contributed by atoms with Crippen molar-refractivity contribution in [2.75, 3.05) is 0 Å². The van der Waals surface area contributed by atoms with Crippen LogP contribution in [0.15, 0.2) is 43.0 Å². The highest BCUT2D eigenvalue weighted by atomic mass is 16.1. The van der Waals surface area contributed by atoms with Crippen LogP contribution < -0.4 is 5.32 Å². The second-order valence-electron chi connectivity index (χ2n) is 6.12. The van der Waals surface area contributed by atoms with Crippen molar-refractivity contribution in [2.45, 2.75) is 39.8 Å². The van der Waals surface area contributed by atoms with Gasteiger partial charge in [-0.3, -0.25) is 9.48 Å². The first-order chi connectivity index (χ1) is 12.0. The Morgan fingerprint density at radius 3 is 2.60 bits per heavy atom. The predicted molar refractivity (Wildman–Crippen MR) is 94.2 cm³/mol. The quantitative estimate of drug-likeness (QED) is 0.748. The zero-order chi connectivity index (χ0) is 17.8. The lowest BCUT2D eigenvalue weighted by atomic mass is 10.1. The number of benzene rings is 1. The SMILES string of the molecule is Cc1cc(C)n(CCC(=O)NC(C)c2ccc(-n3cncn3)cc2)n1. The molecule has 2 heterocycles. The molecule has 7 heteroatoms. The Morgan fingerprint density at radius 1 is 1.24 bits per heavy atom. The minimum atomic E-state index is -0.0576. The van der Waals surface area contributed by atoms with Gasteiger partial charge >= 0.3 is 0 Å². The summed E-state index contributed by atoms with van der Waals surface area (Å²) in [7, 11) is 0. The fraction of sp³-hybridized carbons (Fsp3) is 0.333. The van der Waals surface area contributed by atoms with E-state index in [1.165, 1.54) is 6.33 Å². The summed E-state index contributed by atoms with van der Waals surface area (Å²) in [5.41, 5.74) is 4.02. The topological polar surface area (TPSA) is 77.6 Å². The molecule has 0 bridgehead atoms. The summed E-state index contributed by atoms with van der Waals surface area (Å²) >= 11 is 0. The lowest BCUT2D eigenvalue weighted by Crippen LogP contribution is -2.27. The van der Waals surface area contributed by atoms with E-state index in [1.807, 2.05) is 55.8 Å². The van der Waals surface area contributed by atoms with Crippen molar-refractivity contribution >= 4 is 5.91 Å². The molecule has 0 aliphatic heterocycles. The molecule has 2 aromatic heterocycles. The summed E-state index contributed by atoms with van der Waals surface area (Å²) < 4.78 is 3.56. The van der Waals surface area contributed by atoms with Crippen LogP contribution in [-0.4, -0.2) is 30.5 Å². The Bertz CT molecular complexity index is 835. The third-order valence-corrected chi connectivity index (χ3v) is 4.11. The molecule has 1 aromatic carbocycles. The number of hydrogen-bond acceptors (Lipinski definition) is 4. The molecule has 0 aliphatic rings. The molecule has 3 rings (SSSR count). The van der Waals surface area contributed by atoms with Gasteiger partial charge in [-0.15, -0.1) is 0 Å².